The Kier molecular flexibility index (Phi) is 4.22. The van der Waals surface area contributed by atoms with E-state index >= 15 is 0 Å². The predicted octanol–water partition coefficient (Wildman–Crippen LogP) is 3.29. The molecule has 1 aromatic rings. The smallest absolute Gasteiger partial charge is 0.235 e. The van der Waals surface area contributed by atoms with Crippen LogP contribution in [-0.2, 0) is 10.3 Å². The molecule has 0 radical (unpaired) electrons. The third-order valence-corrected chi connectivity index (χ3v) is 5.44. The van der Waals surface area contributed by atoms with Gasteiger partial charge in [0.1, 0.15) is 11.6 Å². The summed E-state index contributed by atoms with van der Waals surface area (Å²) in [7, 11) is 1.64. The second-order valence-corrected chi connectivity index (χ2v) is 6.68. The van der Waals surface area contributed by atoms with Crippen LogP contribution in [0.2, 0.25) is 0 Å². The van der Waals surface area contributed by atoms with Crippen LogP contribution in [0.3, 0.4) is 0 Å². The first-order chi connectivity index (χ1) is 10.3. The molecular weight excluding hydrogens is 286 g/mol. The zero-order valence-corrected chi connectivity index (χ0v) is 12.9. The summed E-state index contributed by atoms with van der Waals surface area (Å²) in [4.78, 5) is 14.9. The molecule has 2 aliphatic rings. The number of benzene rings is 1. The Morgan fingerprint density at radius 2 is 2.29 bits per heavy atom. The van der Waals surface area contributed by atoms with Crippen molar-refractivity contribution in [2.24, 2.45) is 4.99 Å². The zero-order chi connectivity index (χ0) is 14.7. The first kappa shape index (κ1) is 14.5. The standard InChI is InChI=1S/C16H19NO3S/c1-19-14-5-2-4-13(16(17-11-18)7-3-8-16)15(14)20-12-6-9-21-10-12/h2,4-5,12H,3,6-10H2,1H3. The lowest BCUT2D eigenvalue weighted by molar-refractivity contribution is 0.195. The van der Waals surface area contributed by atoms with Crippen LogP contribution in [0.25, 0.3) is 0 Å². The molecule has 0 spiro atoms. The molecule has 3 rings (SSSR count). The van der Waals surface area contributed by atoms with Crippen molar-refractivity contribution in [1.82, 2.24) is 0 Å². The molecule has 0 bridgehead atoms. The SMILES string of the molecule is COc1cccc(C2(N=C=O)CCC2)c1OC1CCSC1. The predicted molar refractivity (Wildman–Crippen MR) is 83.0 cm³/mol. The highest BCUT2D eigenvalue weighted by Gasteiger charge is 2.42. The second kappa shape index (κ2) is 6.12. The van der Waals surface area contributed by atoms with Crippen LogP contribution < -0.4 is 9.47 Å². The Hall–Kier alpha value is -1.45. The van der Waals surface area contributed by atoms with Gasteiger partial charge in [-0.3, -0.25) is 0 Å². The van der Waals surface area contributed by atoms with E-state index in [9.17, 15) is 4.79 Å². The molecule has 0 amide bonds. The minimum Gasteiger partial charge on any atom is -0.493 e. The van der Waals surface area contributed by atoms with Gasteiger partial charge in [-0.05, 0) is 37.5 Å². The largest absolute Gasteiger partial charge is 0.493 e. The summed E-state index contributed by atoms with van der Waals surface area (Å²) in [6.07, 6.45) is 5.80. The van der Waals surface area contributed by atoms with Crippen LogP contribution in [-0.4, -0.2) is 30.8 Å². The van der Waals surface area contributed by atoms with Gasteiger partial charge >= 0.3 is 0 Å². The van der Waals surface area contributed by atoms with Crippen LogP contribution in [0.4, 0.5) is 0 Å². The van der Waals surface area contributed by atoms with E-state index in [1.54, 1.807) is 13.2 Å². The van der Waals surface area contributed by atoms with Crippen LogP contribution in [0.15, 0.2) is 23.2 Å². The van der Waals surface area contributed by atoms with E-state index in [2.05, 4.69) is 4.99 Å². The summed E-state index contributed by atoms with van der Waals surface area (Å²) < 4.78 is 11.7. The molecule has 112 valence electrons. The van der Waals surface area contributed by atoms with E-state index in [1.807, 2.05) is 30.0 Å². The van der Waals surface area contributed by atoms with Gasteiger partial charge in [0.05, 0.1) is 7.11 Å². The Balaban J connectivity index is 2.00. The fraction of sp³-hybridized carbons (Fsp3) is 0.562. The normalized spacial score (nSPS) is 23.0. The Morgan fingerprint density at radius 1 is 1.43 bits per heavy atom. The minimum atomic E-state index is -0.461. The third-order valence-electron chi connectivity index (χ3n) is 4.31. The molecule has 1 aromatic carbocycles. The molecule has 2 fully saturated rings. The number of hydrogen-bond acceptors (Lipinski definition) is 5. The van der Waals surface area contributed by atoms with Gasteiger partial charge in [0.15, 0.2) is 11.5 Å². The van der Waals surface area contributed by atoms with Crippen molar-refractivity contribution >= 4 is 17.8 Å². The molecule has 1 saturated carbocycles. The third kappa shape index (κ3) is 2.68. The van der Waals surface area contributed by atoms with Crippen LogP contribution in [0.5, 0.6) is 11.5 Å². The molecule has 1 atom stereocenters. The van der Waals surface area contributed by atoms with Crippen molar-refractivity contribution < 1.29 is 14.3 Å². The molecule has 4 nitrogen and oxygen atoms in total. The lowest BCUT2D eigenvalue weighted by atomic mass is 9.72. The van der Waals surface area contributed by atoms with Gasteiger partial charge in [0.2, 0.25) is 6.08 Å². The topological polar surface area (TPSA) is 47.9 Å². The lowest BCUT2D eigenvalue weighted by Crippen LogP contribution is -2.33. The van der Waals surface area contributed by atoms with Crippen LogP contribution >= 0.6 is 11.8 Å². The summed E-state index contributed by atoms with van der Waals surface area (Å²) in [5, 5.41) is 0. The van der Waals surface area contributed by atoms with E-state index in [-0.39, 0.29) is 6.10 Å². The Bertz CT molecular complexity index is 559. The maximum absolute atomic E-state index is 10.8. The van der Waals surface area contributed by atoms with E-state index in [1.165, 1.54) is 0 Å². The molecule has 0 N–H and O–H groups in total. The molecule has 0 aromatic heterocycles. The number of rotatable bonds is 5. The molecule has 21 heavy (non-hydrogen) atoms. The number of hydrogen-bond donors (Lipinski definition) is 0. The molecule has 5 heteroatoms. The van der Waals surface area contributed by atoms with Gasteiger partial charge < -0.3 is 9.47 Å². The van der Waals surface area contributed by atoms with Gasteiger partial charge in [-0.2, -0.15) is 16.8 Å². The fourth-order valence-corrected chi connectivity index (χ4v) is 4.07. The summed E-state index contributed by atoms with van der Waals surface area (Å²) in [6, 6.07) is 5.84. The average molecular weight is 305 g/mol. The van der Waals surface area contributed by atoms with Crippen molar-refractivity contribution in [3.05, 3.63) is 23.8 Å². The summed E-state index contributed by atoms with van der Waals surface area (Å²) in [6.45, 7) is 0. The van der Waals surface area contributed by atoms with Gasteiger partial charge in [-0.1, -0.05) is 12.1 Å². The van der Waals surface area contributed by atoms with E-state index in [4.69, 9.17) is 9.47 Å². The number of methoxy groups -OCH3 is 1. The number of para-hydroxylation sites is 1. The van der Waals surface area contributed by atoms with Crippen LogP contribution in [0.1, 0.15) is 31.2 Å². The lowest BCUT2D eigenvalue weighted by Gasteiger charge is -2.38. The van der Waals surface area contributed by atoms with Crippen LogP contribution in [0, 0.1) is 0 Å². The number of carbonyl (C=O) groups excluding carboxylic acids is 1. The molecule has 1 heterocycles. The number of ether oxygens (including phenoxy) is 2. The number of isocyanates is 1. The Morgan fingerprint density at radius 3 is 2.86 bits per heavy atom. The summed E-state index contributed by atoms with van der Waals surface area (Å²) >= 11 is 1.91. The van der Waals surface area contributed by atoms with Gasteiger partial charge in [-0.15, -0.1) is 0 Å². The van der Waals surface area contributed by atoms with Gasteiger partial charge in [0.25, 0.3) is 0 Å². The summed E-state index contributed by atoms with van der Waals surface area (Å²) in [5.74, 6) is 3.61. The zero-order valence-electron chi connectivity index (χ0n) is 12.1. The van der Waals surface area contributed by atoms with Crippen molar-refractivity contribution in [3.8, 4) is 11.5 Å². The highest BCUT2D eigenvalue weighted by molar-refractivity contribution is 7.99. The first-order valence-electron chi connectivity index (χ1n) is 7.30. The van der Waals surface area contributed by atoms with Gasteiger partial charge in [-0.25, -0.2) is 4.79 Å². The average Bonchev–Trinajstić information content (AvgIpc) is 2.96. The van der Waals surface area contributed by atoms with E-state index < -0.39 is 5.54 Å². The van der Waals surface area contributed by atoms with Crippen molar-refractivity contribution in [3.63, 3.8) is 0 Å². The molecule has 1 aliphatic heterocycles. The summed E-state index contributed by atoms with van der Waals surface area (Å²) in [5.41, 5.74) is 0.505. The molecule has 1 saturated heterocycles. The maximum Gasteiger partial charge on any atom is 0.235 e. The quantitative estimate of drug-likeness (QED) is 0.618. The number of aliphatic imine (C=N–C) groups is 1. The fourth-order valence-electron chi connectivity index (χ4n) is 2.98. The van der Waals surface area contributed by atoms with Crippen molar-refractivity contribution in [1.29, 1.82) is 0 Å². The minimum absolute atomic E-state index is 0.211. The van der Waals surface area contributed by atoms with Gasteiger partial charge in [0, 0.05) is 11.3 Å². The molecular formula is C16H19NO3S. The number of nitrogens with zero attached hydrogens (tertiary/aromatic N) is 1. The molecule has 1 aliphatic carbocycles. The molecule has 1 unspecified atom stereocenters. The monoisotopic (exact) mass is 305 g/mol. The van der Waals surface area contributed by atoms with Crippen molar-refractivity contribution in [2.45, 2.75) is 37.3 Å². The highest BCUT2D eigenvalue weighted by Crippen LogP contribution is 2.50. The number of thioether (sulfide) groups is 1. The Labute approximate surface area is 128 Å². The highest BCUT2D eigenvalue weighted by atomic mass is 32.2. The van der Waals surface area contributed by atoms with Crippen molar-refractivity contribution in [2.75, 3.05) is 18.6 Å². The van der Waals surface area contributed by atoms with E-state index in [0.29, 0.717) is 0 Å². The second-order valence-electron chi connectivity index (χ2n) is 5.53. The maximum atomic E-state index is 10.8. The first-order valence-corrected chi connectivity index (χ1v) is 8.45. The van der Waals surface area contributed by atoms with E-state index in [0.717, 1.165) is 54.3 Å².